The maximum atomic E-state index is 13.1. The molecule has 0 bridgehead atoms. The summed E-state index contributed by atoms with van der Waals surface area (Å²) in [5.41, 5.74) is 2.20. The molecule has 1 heterocycles. The molecule has 27 heavy (non-hydrogen) atoms. The lowest BCUT2D eigenvalue weighted by Crippen LogP contribution is -2.36. The molecule has 0 aromatic heterocycles. The minimum absolute atomic E-state index is 0.0217. The first kappa shape index (κ1) is 19.8. The molecule has 0 radical (unpaired) electrons. The highest BCUT2D eigenvalue weighted by molar-refractivity contribution is 7.89. The third-order valence-electron chi connectivity index (χ3n) is 4.47. The molecule has 1 amide bonds. The molecular weight excluding hydrogens is 388 g/mol. The third-order valence-corrected chi connectivity index (χ3v) is 6.64. The Bertz CT molecular complexity index is 960. The summed E-state index contributed by atoms with van der Waals surface area (Å²) in [5.74, 6) is -0.526. The summed E-state index contributed by atoms with van der Waals surface area (Å²) >= 11 is 6.08. The molecule has 8 heteroatoms. The lowest BCUT2D eigenvalue weighted by Gasteiger charge is -2.28. The first-order valence-electron chi connectivity index (χ1n) is 8.62. The minimum atomic E-state index is -3.76. The summed E-state index contributed by atoms with van der Waals surface area (Å²) in [5, 5.41) is 12.0. The van der Waals surface area contributed by atoms with Crippen LogP contribution < -0.4 is 5.32 Å². The van der Waals surface area contributed by atoms with Crippen molar-refractivity contribution in [2.24, 2.45) is 0 Å². The summed E-state index contributed by atoms with van der Waals surface area (Å²) in [6, 6.07) is 11.9. The van der Waals surface area contributed by atoms with Crippen molar-refractivity contribution >= 4 is 27.5 Å². The van der Waals surface area contributed by atoms with E-state index >= 15 is 0 Å². The Morgan fingerprint density at radius 1 is 1.26 bits per heavy atom. The van der Waals surface area contributed by atoms with E-state index in [0.29, 0.717) is 19.5 Å². The maximum absolute atomic E-state index is 13.1. The lowest BCUT2D eigenvalue weighted by molar-refractivity contribution is 0.0924. The Labute approximate surface area is 163 Å². The van der Waals surface area contributed by atoms with Crippen LogP contribution in [0.1, 0.15) is 28.4 Å². The number of aliphatic hydroxyl groups is 1. The summed E-state index contributed by atoms with van der Waals surface area (Å²) in [4.78, 5) is 12.3. The fraction of sp³-hybridized carbons (Fsp3) is 0.316. The van der Waals surface area contributed by atoms with Crippen LogP contribution in [0.25, 0.3) is 0 Å². The van der Waals surface area contributed by atoms with Crippen LogP contribution in [0.15, 0.2) is 47.4 Å². The van der Waals surface area contributed by atoms with E-state index in [-0.39, 0.29) is 22.0 Å². The number of fused-ring (bicyclic) bond motifs is 1. The van der Waals surface area contributed by atoms with E-state index in [0.717, 1.165) is 11.1 Å². The average molecular weight is 409 g/mol. The van der Waals surface area contributed by atoms with Gasteiger partial charge in [-0.3, -0.25) is 4.79 Å². The number of benzene rings is 2. The second-order valence-electron chi connectivity index (χ2n) is 6.56. The van der Waals surface area contributed by atoms with Crippen LogP contribution in [0.5, 0.6) is 0 Å². The monoisotopic (exact) mass is 408 g/mol. The number of carbonyl (C=O) groups is 1. The van der Waals surface area contributed by atoms with Gasteiger partial charge < -0.3 is 10.4 Å². The molecule has 144 valence electrons. The molecule has 1 aliphatic rings. The van der Waals surface area contributed by atoms with E-state index in [1.165, 1.54) is 29.4 Å². The van der Waals surface area contributed by atoms with Gasteiger partial charge in [-0.1, -0.05) is 35.9 Å². The van der Waals surface area contributed by atoms with Crippen LogP contribution in [0.2, 0.25) is 5.02 Å². The van der Waals surface area contributed by atoms with E-state index in [4.69, 9.17) is 11.6 Å². The fourth-order valence-electron chi connectivity index (χ4n) is 3.00. The van der Waals surface area contributed by atoms with Crippen LogP contribution in [-0.4, -0.2) is 42.9 Å². The Morgan fingerprint density at radius 2 is 1.96 bits per heavy atom. The number of nitrogens with zero attached hydrogens (tertiary/aromatic N) is 1. The highest BCUT2D eigenvalue weighted by Gasteiger charge is 2.29. The Kier molecular flexibility index (Phi) is 5.86. The zero-order valence-corrected chi connectivity index (χ0v) is 16.4. The summed E-state index contributed by atoms with van der Waals surface area (Å²) < 4.78 is 27.5. The molecular formula is C19H21ClN2O4S. The van der Waals surface area contributed by atoms with E-state index in [1.54, 1.807) is 0 Å². The van der Waals surface area contributed by atoms with Crippen molar-refractivity contribution in [3.63, 3.8) is 0 Å². The molecule has 1 aliphatic heterocycles. The van der Waals surface area contributed by atoms with Crippen molar-refractivity contribution < 1.29 is 18.3 Å². The van der Waals surface area contributed by atoms with Crippen molar-refractivity contribution in [2.75, 3.05) is 13.1 Å². The van der Waals surface area contributed by atoms with Crippen molar-refractivity contribution in [3.05, 3.63) is 64.2 Å². The standard InChI is InChI=1S/C19H21ClN2O4S/c1-13(23)11-21-19(24)17-10-16(6-7-18(17)20)27(25,26)22-9-8-14-4-2-3-5-15(14)12-22/h2-7,10,13,23H,8-9,11-12H2,1H3,(H,21,24). The van der Waals surface area contributed by atoms with Crippen molar-refractivity contribution in [1.29, 1.82) is 0 Å². The van der Waals surface area contributed by atoms with Gasteiger partial charge in [-0.05, 0) is 42.7 Å². The molecule has 2 aromatic carbocycles. The van der Waals surface area contributed by atoms with Crippen LogP contribution in [0.4, 0.5) is 0 Å². The van der Waals surface area contributed by atoms with Gasteiger partial charge in [0.2, 0.25) is 10.0 Å². The zero-order chi connectivity index (χ0) is 19.6. The van der Waals surface area contributed by atoms with Gasteiger partial charge in [-0.2, -0.15) is 4.31 Å². The van der Waals surface area contributed by atoms with Crippen molar-refractivity contribution in [2.45, 2.75) is 30.9 Å². The number of nitrogens with one attached hydrogen (secondary N) is 1. The number of hydrogen-bond acceptors (Lipinski definition) is 4. The number of aliphatic hydroxyl groups excluding tert-OH is 1. The highest BCUT2D eigenvalue weighted by atomic mass is 35.5. The van der Waals surface area contributed by atoms with Gasteiger partial charge in [-0.25, -0.2) is 8.42 Å². The highest BCUT2D eigenvalue weighted by Crippen LogP contribution is 2.27. The van der Waals surface area contributed by atoms with Gasteiger partial charge in [0.25, 0.3) is 5.91 Å². The number of halogens is 1. The number of carbonyl (C=O) groups excluding carboxylic acids is 1. The Morgan fingerprint density at radius 3 is 2.67 bits per heavy atom. The predicted molar refractivity (Wildman–Crippen MR) is 103 cm³/mol. The van der Waals surface area contributed by atoms with Gasteiger partial charge in [0.15, 0.2) is 0 Å². The Balaban J connectivity index is 1.87. The summed E-state index contributed by atoms with van der Waals surface area (Å²) in [6.45, 7) is 2.27. The maximum Gasteiger partial charge on any atom is 0.252 e. The largest absolute Gasteiger partial charge is 0.392 e. The second kappa shape index (κ2) is 7.98. The molecule has 0 aliphatic carbocycles. The fourth-order valence-corrected chi connectivity index (χ4v) is 4.65. The van der Waals surface area contributed by atoms with Crippen LogP contribution in [0, 0.1) is 0 Å². The number of rotatable bonds is 5. The first-order chi connectivity index (χ1) is 12.8. The average Bonchev–Trinajstić information content (AvgIpc) is 2.65. The predicted octanol–water partition coefficient (Wildman–Crippen LogP) is 2.20. The van der Waals surface area contributed by atoms with E-state index < -0.39 is 22.0 Å². The SMILES string of the molecule is CC(O)CNC(=O)c1cc(S(=O)(=O)N2CCc3ccccc3C2)ccc1Cl. The normalized spacial score (nSPS) is 15.8. The molecule has 0 spiro atoms. The number of hydrogen-bond donors (Lipinski definition) is 2. The molecule has 1 unspecified atom stereocenters. The summed E-state index contributed by atoms with van der Waals surface area (Å²) in [7, 11) is -3.76. The van der Waals surface area contributed by atoms with Gasteiger partial charge in [0, 0.05) is 19.6 Å². The summed E-state index contributed by atoms with van der Waals surface area (Å²) in [6.07, 6.45) is -0.0712. The molecule has 2 N–H and O–H groups in total. The number of sulfonamides is 1. The molecule has 2 aromatic rings. The van der Waals surface area contributed by atoms with E-state index in [1.807, 2.05) is 24.3 Å². The van der Waals surface area contributed by atoms with Gasteiger partial charge in [0.1, 0.15) is 0 Å². The molecule has 0 saturated carbocycles. The molecule has 3 rings (SSSR count). The van der Waals surface area contributed by atoms with Crippen LogP contribution >= 0.6 is 11.6 Å². The smallest absolute Gasteiger partial charge is 0.252 e. The third kappa shape index (κ3) is 4.32. The molecule has 0 fully saturated rings. The topological polar surface area (TPSA) is 86.7 Å². The van der Waals surface area contributed by atoms with E-state index in [2.05, 4.69) is 5.32 Å². The van der Waals surface area contributed by atoms with Gasteiger partial charge >= 0.3 is 0 Å². The lowest BCUT2D eigenvalue weighted by atomic mass is 10.0. The minimum Gasteiger partial charge on any atom is -0.392 e. The quantitative estimate of drug-likeness (QED) is 0.794. The van der Waals surface area contributed by atoms with Crippen molar-refractivity contribution in [3.8, 4) is 0 Å². The van der Waals surface area contributed by atoms with Crippen molar-refractivity contribution in [1.82, 2.24) is 9.62 Å². The zero-order valence-electron chi connectivity index (χ0n) is 14.9. The van der Waals surface area contributed by atoms with Crippen LogP contribution in [-0.2, 0) is 23.0 Å². The Hall–Kier alpha value is -1.93. The molecule has 0 saturated heterocycles. The van der Waals surface area contributed by atoms with E-state index in [9.17, 15) is 18.3 Å². The molecule has 1 atom stereocenters. The first-order valence-corrected chi connectivity index (χ1v) is 10.4. The number of amides is 1. The van der Waals surface area contributed by atoms with Gasteiger partial charge in [0.05, 0.1) is 21.6 Å². The van der Waals surface area contributed by atoms with Crippen LogP contribution in [0.3, 0.4) is 0 Å². The second-order valence-corrected chi connectivity index (χ2v) is 8.90. The van der Waals surface area contributed by atoms with Gasteiger partial charge in [-0.15, -0.1) is 0 Å². The molecule has 6 nitrogen and oxygen atoms in total.